The molecule has 0 aliphatic carbocycles. The molecule has 3 heterocycles. The van der Waals surface area contributed by atoms with Gasteiger partial charge in [0.2, 0.25) is 0 Å². The first-order valence-electron chi connectivity index (χ1n) is 8.78. The molecule has 2 fully saturated rings. The molecule has 3 atom stereocenters. The van der Waals surface area contributed by atoms with Crippen LogP contribution in [0.5, 0.6) is 0 Å². The second-order valence-electron chi connectivity index (χ2n) is 6.99. The molecule has 2 aliphatic heterocycles. The van der Waals surface area contributed by atoms with Crippen LogP contribution in [0, 0.1) is 0 Å². The molecule has 0 unspecified atom stereocenters. The zero-order chi connectivity index (χ0) is 17.1. The number of alkyl halides is 2. The van der Waals surface area contributed by atoms with Gasteiger partial charge in [-0.25, -0.2) is 18.4 Å². The number of morpholine rings is 1. The molecule has 136 valence electrons. The van der Waals surface area contributed by atoms with Crippen LogP contribution in [0.3, 0.4) is 0 Å². The van der Waals surface area contributed by atoms with Gasteiger partial charge in [0.25, 0.3) is 6.43 Å². The lowest BCUT2D eigenvalue weighted by atomic mass is 10.1. The molecular weight excluding hydrogens is 316 g/mol. The van der Waals surface area contributed by atoms with Crippen molar-refractivity contribution in [2.75, 3.05) is 26.2 Å². The van der Waals surface area contributed by atoms with Gasteiger partial charge in [0.15, 0.2) is 0 Å². The van der Waals surface area contributed by atoms with E-state index in [0.717, 1.165) is 39.0 Å². The Morgan fingerprint density at radius 2 is 2.04 bits per heavy atom. The Bertz CT molecular complexity index is 516. The van der Waals surface area contributed by atoms with E-state index >= 15 is 0 Å². The number of nitrogens with zero attached hydrogens (tertiary/aromatic N) is 5. The zero-order valence-electron chi connectivity index (χ0n) is 14.4. The molecular formula is C16H27F2N5O. The molecule has 0 spiro atoms. The van der Waals surface area contributed by atoms with Crippen LogP contribution in [0.25, 0.3) is 0 Å². The monoisotopic (exact) mass is 343 g/mol. The number of rotatable bonds is 6. The number of hydrogen-bond donors (Lipinski definition) is 0. The Labute approximate surface area is 141 Å². The zero-order valence-corrected chi connectivity index (χ0v) is 14.4. The van der Waals surface area contributed by atoms with Crippen LogP contribution >= 0.6 is 0 Å². The van der Waals surface area contributed by atoms with Crippen molar-refractivity contribution in [3.05, 3.63) is 12.2 Å². The molecule has 1 aromatic rings. The molecule has 1 aromatic heterocycles. The number of halogens is 2. The molecule has 0 radical (unpaired) electrons. The van der Waals surface area contributed by atoms with E-state index in [9.17, 15) is 8.78 Å². The van der Waals surface area contributed by atoms with Crippen molar-refractivity contribution in [1.29, 1.82) is 0 Å². The first-order valence-corrected chi connectivity index (χ1v) is 8.78. The highest BCUT2D eigenvalue weighted by Crippen LogP contribution is 2.22. The van der Waals surface area contributed by atoms with Crippen LogP contribution in [0.4, 0.5) is 8.78 Å². The Balaban J connectivity index is 1.58. The Morgan fingerprint density at radius 3 is 2.75 bits per heavy atom. The summed E-state index contributed by atoms with van der Waals surface area (Å²) >= 11 is 0. The van der Waals surface area contributed by atoms with Gasteiger partial charge < -0.3 is 4.74 Å². The van der Waals surface area contributed by atoms with Crippen LogP contribution in [-0.2, 0) is 17.8 Å². The van der Waals surface area contributed by atoms with Crippen molar-refractivity contribution in [2.45, 2.75) is 64.5 Å². The predicted molar refractivity (Wildman–Crippen MR) is 85.9 cm³/mol. The second-order valence-corrected chi connectivity index (χ2v) is 6.99. The number of aromatic nitrogens is 3. The smallest absolute Gasteiger partial charge is 0.257 e. The van der Waals surface area contributed by atoms with Gasteiger partial charge in [-0.2, -0.15) is 5.10 Å². The summed E-state index contributed by atoms with van der Waals surface area (Å²) in [7, 11) is 0. The van der Waals surface area contributed by atoms with E-state index in [0.29, 0.717) is 18.4 Å². The molecule has 0 amide bonds. The summed E-state index contributed by atoms with van der Waals surface area (Å²) in [5.74, 6) is 0.630. The molecule has 0 aromatic carbocycles. The molecule has 24 heavy (non-hydrogen) atoms. The highest BCUT2D eigenvalue weighted by atomic mass is 19.3. The predicted octanol–water partition coefficient (Wildman–Crippen LogP) is 1.62. The van der Waals surface area contributed by atoms with E-state index in [1.165, 1.54) is 11.0 Å². The number of hydrogen-bond acceptors (Lipinski definition) is 5. The lowest BCUT2D eigenvalue weighted by Crippen LogP contribution is -2.50. The van der Waals surface area contributed by atoms with Crippen molar-refractivity contribution < 1.29 is 13.5 Å². The fourth-order valence-electron chi connectivity index (χ4n) is 3.92. The third-order valence-electron chi connectivity index (χ3n) is 4.81. The first kappa shape index (κ1) is 17.7. The highest BCUT2D eigenvalue weighted by molar-refractivity contribution is 4.91. The van der Waals surface area contributed by atoms with E-state index in [4.69, 9.17) is 4.74 Å². The summed E-state index contributed by atoms with van der Waals surface area (Å²) in [5.41, 5.74) is 0. The van der Waals surface area contributed by atoms with Gasteiger partial charge in [-0.15, -0.1) is 0 Å². The lowest BCUT2D eigenvalue weighted by Gasteiger charge is -2.38. The van der Waals surface area contributed by atoms with E-state index in [1.54, 1.807) is 0 Å². The normalized spacial score (nSPS) is 29.6. The largest absolute Gasteiger partial charge is 0.373 e. The first-order chi connectivity index (χ1) is 11.5. The van der Waals surface area contributed by atoms with Crippen LogP contribution in [-0.4, -0.2) is 75.4 Å². The summed E-state index contributed by atoms with van der Waals surface area (Å²) in [4.78, 5) is 9.00. The molecule has 0 saturated carbocycles. The lowest BCUT2D eigenvalue weighted by molar-refractivity contribution is -0.0725. The highest BCUT2D eigenvalue weighted by Gasteiger charge is 2.30. The average Bonchev–Trinajstić information content (AvgIpc) is 3.08. The van der Waals surface area contributed by atoms with Crippen molar-refractivity contribution in [2.24, 2.45) is 0 Å². The number of ether oxygens (including phenoxy) is 1. The van der Waals surface area contributed by atoms with Crippen LogP contribution in [0.1, 0.15) is 32.5 Å². The van der Waals surface area contributed by atoms with Gasteiger partial charge >= 0.3 is 0 Å². The fraction of sp³-hybridized carbons (Fsp3) is 0.875. The molecule has 0 bridgehead atoms. The SMILES string of the molecule is C[C@@H]1CN(C[C@H]2CCCN2Cc2ncnn2CC(F)F)C[C@H](C)O1. The quantitative estimate of drug-likeness (QED) is 0.785. The van der Waals surface area contributed by atoms with E-state index in [2.05, 4.69) is 33.7 Å². The Kier molecular flexibility index (Phi) is 5.78. The Hall–Kier alpha value is -1.12. The molecule has 3 rings (SSSR count). The Morgan fingerprint density at radius 1 is 1.29 bits per heavy atom. The maximum absolute atomic E-state index is 12.6. The summed E-state index contributed by atoms with van der Waals surface area (Å²) in [6.45, 7) is 8.33. The van der Waals surface area contributed by atoms with Gasteiger partial charge in [0.1, 0.15) is 18.7 Å². The third-order valence-corrected chi connectivity index (χ3v) is 4.81. The number of likely N-dealkylation sites (tertiary alicyclic amines) is 1. The van der Waals surface area contributed by atoms with Crippen LogP contribution < -0.4 is 0 Å². The molecule has 2 aliphatic rings. The van der Waals surface area contributed by atoms with Crippen molar-refractivity contribution in [1.82, 2.24) is 24.6 Å². The maximum Gasteiger partial charge on any atom is 0.257 e. The average molecular weight is 343 g/mol. The third kappa shape index (κ3) is 4.49. The topological polar surface area (TPSA) is 46.4 Å². The van der Waals surface area contributed by atoms with Crippen molar-refractivity contribution in [3.8, 4) is 0 Å². The standard InChI is InChI=1S/C16H27F2N5O/c1-12-6-21(7-13(2)24-12)8-14-4-3-5-22(14)10-16-19-11-20-23(16)9-15(17)18/h11-15H,3-10H2,1-2H3/t12-,13+,14-/m1/s1. The van der Waals surface area contributed by atoms with Gasteiger partial charge in [-0.3, -0.25) is 9.80 Å². The minimum absolute atomic E-state index is 0.262. The van der Waals surface area contributed by atoms with Crippen molar-refractivity contribution in [3.63, 3.8) is 0 Å². The van der Waals surface area contributed by atoms with Gasteiger partial charge in [-0.05, 0) is 33.2 Å². The maximum atomic E-state index is 12.6. The van der Waals surface area contributed by atoms with Gasteiger partial charge in [0.05, 0.1) is 18.8 Å². The molecule has 6 nitrogen and oxygen atoms in total. The van der Waals surface area contributed by atoms with E-state index in [1.807, 2.05) is 0 Å². The fourth-order valence-corrected chi connectivity index (χ4v) is 3.92. The van der Waals surface area contributed by atoms with Crippen LogP contribution in [0.2, 0.25) is 0 Å². The molecule has 8 heteroatoms. The minimum atomic E-state index is -2.41. The summed E-state index contributed by atoms with van der Waals surface area (Å²) in [6.07, 6.45) is 1.77. The minimum Gasteiger partial charge on any atom is -0.373 e. The molecule has 0 N–H and O–H groups in total. The summed E-state index contributed by atoms with van der Waals surface area (Å²) in [5, 5.41) is 3.93. The molecule has 2 saturated heterocycles. The summed E-state index contributed by atoms with van der Waals surface area (Å²) in [6, 6.07) is 0.444. The van der Waals surface area contributed by atoms with E-state index < -0.39 is 6.43 Å². The summed E-state index contributed by atoms with van der Waals surface area (Å²) < 4.78 is 32.4. The van der Waals surface area contributed by atoms with Crippen molar-refractivity contribution >= 4 is 0 Å². The van der Waals surface area contributed by atoms with Gasteiger partial charge in [-0.1, -0.05) is 0 Å². The van der Waals surface area contributed by atoms with E-state index in [-0.39, 0.29) is 18.8 Å². The van der Waals surface area contributed by atoms with Gasteiger partial charge in [0, 0.05) is 25.7 Å². The second kappa shape index (κ2) is 7.84. The van der Waals surface area contributed by atoms with Crippen LogP contribution in [0.15, 0.2) is 6.33 Å².